The predicted octanol–water partition coefficient (Wildman–Crippen LogP) is 6.39. The van der Waals surface area contributed by atoms with E-state index in [1.165, 1.54) is 18.4 Å². The summed E-state index contributed by atoms with van der Waals surface area (Å²) < 4.78 is 7.11. The van der Waals surface area contributed by atoms with E-state index in [1.807, 2.05) is 42.5 Å². The fraction of sp³-hybridized carbons (Fsp3) is 0.286. The molecule has 0 radical (unpaired) electrons. The van der Waals surface area contributed by atoms with Gasteiger partial charge in [0, 0.05) is 30.4 Å². The van der Waals surface area contributed by atoms with Crippen LogP contribution in [-0.4, -0.2) is 39.1 Å². The minimum Gasteiger partial charge on any atom is -0.478 e. The number of hydrogen-bond donors (Lipinski definition) is 2. The molecule has 178 valence electrons. The molecule has 2 saturated heterocycles. The number of nitrogens with zero attached hydrogens (tertiary/aromatic N) is 2. The summed E-state index contributed by atoms with van der Waals surface area (Å²) in [4.78, 5) is 18.3. The van der Waals surface area contributed by atoms with Gasteiger partial charge in [-0.05, 0) is 79.8 Å². The van der Waals surface area contributed by atoms with E-state index >= 15 is 0 Å². The van der Waals surface area contributed by atoms with Gasteiger partial charge in [0.15, 0.2) is 0 Å². The van der Waals surface area contributed by atoms with Crippen LogP contribution in [0.1, 0.15) is 41.6 Å². The first kappa shape index (κ1) is 22.1. The summed E-state index contributed by atoms with van der Waals surface area (Å²) in [5, 5.41) is 13.5. The van der Waals surface area contributed by atoms with Crippen LogP contribution in [0.4, 0.5) is 5.69 Å². The molecule has 0 amide bonds. The molecule has 2 fully saturated rings. The van der Waals surface area contributed by atoms with Crippen LogP contribution in [0, 0.1) is 0 Å². The van der Waals surface area contributed by atoms with Crippen LogP contribution in [-0.2, 0) is 6.54 Å². The molecular formula is C28H27N3O3S. The predicted molar refractivity (Wildman–Crippen MR) is 139 cm³/mol. The van der Waals surface area contributed by atoms with Gasteiger partial charge < -0.3 is 15.2 Å². The summed E-state index contributed by atoms with van der Waals surface area (Å²) in [5.74, 6) is -0.0849. The topological polar surface area (TPSA) is 74.7 Å². The second kappa shape index (κ2) is 9.32. The van der Waals surface area contributed by atoms with E-state index in [9.17, 15) is 4.79 Å². The number of fused-ring (bicyclic) bond motifs is 3. The van der Waals surface area contributed by atoms with E-state index in [4.69, 9.17) is 9.84 Å². The number of aromatic carboxylic acids is 1. The van der Waals surface area contributed by atoms with Gasteiger partial charge in [0.05, 0.1) is 15.8 Å². The van der Waals surface area contributed by atoms with Crippen LogP contribution in [0.3, 0.4) is 0 Å². The van der Waals surface area contributed by atoms with Gasteiger partial charge in [0.1, 0.15) is 5.75 Å². The fourth-order valence-corrected chi connectivity index (χ4v) is 6.30. The van der Waals surface area contributed by atoms with E-state index in [1.54, 1.807) is 23.5 Å². The van der Waals surface area contributed by atoms with Crippen molar-refractivity contribution in [2.75, 3.05) is 5.32 Å². The maximum Gasteiger partial charge on any atom is 0.335 e. The maximum absolute atomic E-state index is 11.1. The highest BCUT2D eigenvalue weighted by molar-refractivity contribution is 7.20. The van der Waals surface area contributed by atoms with Crippen molar-refractivity contribution in [3.8, 4) is 10.9 Å². The van der Waals surface area contributed by atoms with E-state index in [0.29, 0.717) is 28.9 Å². The normalized spacial score (nSPS) is 21.8. The van der Waals surface area contributed by atoms with Crippen molar-refractivity contribution in [1.82, 2.24) is 9.88 Å². The van der Waals surface area contributed by atoms with Crippen LogP contribution < -0.4 is 10.1 Å². The Bertz CT molecular complexity index is 1290. The number of benzene rings is 3. The summed E-state index contributed by atoms with van der Waals surface area (Å²) in [7, 11) is 0. The lowest BCUT2D eigenvalue weighted by Gasteiger charge is -2.39. The standard InChI is InChI=1S/C28H27N3O3S/c32-27(33)19-7-5-18(6-8-19)17-31-22-11-12-23(31)16-21(15-22)29-20-9-13-24(14-10-20)34-28-30-25-3-1-2-4-26(25)35-28/h1-10,13-14,21-23,29H,11-12,15-17H2,(H,32,33)/t21-,22-,23+. The number of piperidine rings is 1. The highest BCUT2D eigenvalue weighted by Gasteiger charge is 2.40. The Morgan fingerprint density at radius 1 is 1.00 bits per heavy atom. The van der Waals surface area contributed by atoms with Crippen LogP contribution in [0.25, 0.3) is 10.2 Å². The highest BCUT2D eigenvalue weighted by atomic mass is 32.1. The Balaban J connectivity index is 1.05. The molecule has 1 aromatic heterocycles. The highest BCUT2D eigenvalue weighted by Crippen LogP contribution is 2.38. The van der Waals surface area contributed by atoms with Crippen molar-refractivity contribution >= 4 is 33.2 Å². The molecule has 2 bridgehead atoms. The molecule has 0 spiro atoms. The molecule has 6 rings (SSSR count). The first-order chi connectivity index (χ1) is 17.1. The van der Waals surface area contributed by atoms with Crippen LogP contribution in [0.15, 0.2) is 72.8 Å². The zero-order chi connectivity index (χ0) is 23.8. The number of thiazole rings is 1. The molecule has 35 heavy (non-hydrogen) atoms. The van der Waals surface area contributed by atoms with Crippen molar-refractivity contribution in [3.63, 3.8) is 0 Å². The SMILES string of the molecule is O=C(O)c1ccc(CN2[C@@H]3CC[C@H]2C[C@H](Nc2ccc(Oc4nc5ccccc5s4)cc2)C3)cc1. The molecule has 6 nitrogen and oxygen atoms in total. The number of hydrogen-bond acceptors (Lipinski definition) is 6. The van der Waals surface area contributed by atoms with E-state index in [-0.39, 0.29) is 0 Å². The van der Waals surface area contributed by atoms with Gasteiger partial charge in [-0.15, -0.1) is 0 Å². The average molecular weight is 486 g/mol. The summed E-state index contributed by atoms with van der Waals surface area (Å²) in [6.07, 6.45) is 4.69. The number of anilines is 1. The van der Waals surface area contributed by atoms with Crippen molar-refractivity contribution in [3.05, 3.63) is 83.9 Å². The number of carboxylic acid groups (broad SMARTS) is 1. The lowest BCUT2D eigenvalue weighted by Crippen LogP contribution is -2.46. The molecular weight excluding hydrogens is 458 g/mol. The minimum absolute atomic E-state index is 0.344. The Kier molecular flexibility index (Phi) is 5.88. The molecule has 7 heteroatoms. The zero-order valence-electron chi connectivity index (χ0n) is 19.3. The van der Waals surface area contributed by atoms with Gasteiger partial charge in [0.2, 0.25) is 0 Å². The van der Waals surface area contributed by atoms with E-state index in [0.717, 1.165) is 41.0 Å². The van der Waals surface area contributed by atoms with E-state index < -0.39 is 5.97 Å². The third-order valence-corrected chi connectivity index (χ3v) is 8.07. The lowest BCUT2D eigenvalue weighted by atomic mass is 9.96. The molecule has 3 atom stereocenters. The maximum atomic E-state index is 11.1. The van der Waals surface area contributed by atoms with E-state index in [2.05, 4.69) is 33.4 Å². The van der Waals surface area contributed by atoms with Crippen molar-refractivity contribution < 1.29 is 14.6 Å². The van der Waals surface area contributed by atoms with Crippen LogP contribution in [0.5, 0.6) is 10.9 Å². The zero-order valence-corrected chi connectivity index (χ0v) is 20.1. The molecule has 3 heterocycles. The number of para-hydroxylation sites is 1. The minimum atomic E-state index is -0.875. The third-order valence-electron chi connectivity index (χ3n) is 7.15. The van der Waals surface area contributed by atoms with Gasteiger partial charge >= 0.3 is 5.97 Å². The first-order valence-corrected chi connectivity index (χ1v) is 12.9. The number of nitrogens with one attached hydrogen (secondary N) is 1. The molecule has 2 N–H and O–H groups in total. The molecule has 0 unspecified atom stereocenters. The lowest BCUT2D eigenvalue weighted by molar-refractivity contribution is 0.0696. The first-order valence-electron chi connectivity index (χ1n) is 12.1. The fourth-order valence-electron chi connectivity index (χ4n) is 5.46. The number of ether oxygens (including phenoxy) is 1. The molecule has 0 aliphatic carbocycles. The Morgan fingerprint density at radius 3 is 2.40 bits per heavy atom. The van der Waals surface area contributed by atoms with Crippen molar-refractivity contribution in [1.29, 1.82) is 0 Å². The van der Waals surface area contributed by atoms with Gasteiger partial charge in [-0.3, -0.25) is 4.90 Å². The van der Waals surface area contributed by atoms with Gasteiger partial charge in [-0.1, -0.05) is 35.6 Å². The van der Waals surface area contributed by atoms with Gasteiger partial charge in [-0.2, -0.15) is 0 Å². The second-order valence-electron chi connectivity index (χ2n) is 9.45. The van der Waals surface area contributed by atoms with Gasteiger partial charge in [0.25, 0.3) is 5.19 Å². The Morgan fingerprint density at radius 2 is 1.71 bits per heavy atom. The van der Waals surface area contributed by atoms with Gasteiger partial charge in [-0.25, -0.2) is 9.78 Å². The smallest absolute Gasteiger partial charge is 0.335 e. The number of rotatable bonds is 7. The molecule has 2 aliphatic rings. The van der Waals surface area contributed by atoms with Crippen LogP contribution in [0.2, 0.25) is 0 Å². The molecule has 4 aromatic rings. The number of carbonyl (C=O) groups is 1. The monoisotopic (exact) mass is 485 g/mol. The van der Waals surface area contributed by atoms with Crippen molar-refractivity contribution in [2.45, 2.75) is 50.4 Å². The average Bonchev–Trinajstić information content (AvgIpc) is 3.37. The van der Waals surface area contributed by atoms with Crippen LogP contribution >= 0.6 is 11.3 Å². The third kappa shape index (κ3) is 4.74. The number of aromatic nitrogens is 1. The van der Waals surface area contributed by atoms with Crippen molar-refractivity contribution in [2.24, 2.45) is 0 Å². The largest absolute Gasteiger partial charge is 0.478 e. The quantitative estimate of drug-likeness (QED) is 0.316. The Labute approximate surface area is 208 Å². The Hall–Kier alpha value is -3.42. The molecule has 2 aliphatic heterocycles. The molecule has 0 saturated carbocycles. The summed E-state index contributed by atoms with van der Waals surface area (Å²) >= 11 is 1.56. The number of carboxylic acids is 1. The summed E-state index contributed by atoms with van der Waals surface area (Å²) in [5.41, 5.74) is 3.60. The summed E-state index contributed by atoms with van der Waals surface area (Å²) in [6, 6.07) is 25.1. The summed E-state index contributed by atoms with van der Waals surface area (Å²) in [6.45, 7) is 0.889. The second-order valence-corrected chi connectivity index (χ2v) is 10.4. The molecule has 3 aromatic carbocycles.